The van der Waals surface area contributed by atoms with Crippen LogP contribution in [0.2, 0.25) is 0 Å². The number of aryl methyl sites for hydroxylation is 2. The van der Waals surface area contributed by atoms with Crippen LogP contribution in [0.25, 0.3) is 0 Å². The third-order valence-corrected chi connectivity index (χ3v) is 4.82. The Bertz CT molecular complexity index is 811. The average Bonchev–Trinajstić information content (AvgIpc) is 3.17. The van der Waals surface area contributed by atoms with E-state index in [1.807, 2.05) is 48.2 Å². The highest BCUT2D eigenvalue weighted by atomic mass is 16.2. The van der Waals surface area contributed by atoms with Crippen molar-refractivity contribution in [3.05, 3.63) is 59.2 Å². The largest absolute Gasteiger partial charge is 0.399 e. The van der Waals surface area contributed by atoms with Crippen LogP contribution in [-0.2, 0) is 11.2 Å². The van der Waals surface area contributed by atoms with Gasteiger partial charge in [0.1, 0.15) is 0 Å². The van der Waals surface area contributed by atoms with Gasteiger partial charge in [-0.1, -0.05) is 18.2 Å². The molecule has 136 valence electrons. The predicted molar refractivity (Wildman–Crippen MR) is 104 cm³/mol. The molecule has 5 heteroatoms. The number of nitrogen functional groups attached to an aromatic ring is 1. The highest BCUT2D eigenvalue weighted by Gasteiger charge is 2.20. The monoisotopic (exact) mass is 351 g/mol. The molecular weight excluding hydrogens is 326 g/mol. The van der Waals surface area contributed by atoms with E-state index in [4.69, 9.17) is 5.73 Å². The predicted octanol–water partition coefficient (Wildman–Crippen LogP) is 3.38. The highest BCUT2D eigenvalue weighted by Crippen LogP contribution is 2.20. The number of nitrogens with zero attached hydrogens (tertiary/aromatic N) is 1. The van der Waals surface area contributed by atoms with Crippen LogP contribution in [0.5, 0.6) is 0 Å². The number of rotatable bonds is 5. The molecule has 3 rings (SSSR count). The van der Waals surface area contributed by atoms with Gasteiger partial charge in [-0.15, -0.1) is 0 Å². The van der Waals surface area contributed by atoms with Crippen molar-refractivity contribution < 1.29 is 9.59 Å². The fourth-order valence-corrected chi connectivity index (χ4v) is 3.26. The van der Waals surface area contributed by atoms with Gasteiger partial charge in [0, 0.05) is 36.4 Å². The van der Waals surface area contributed by atoms with Crippen molar-refractivity contribution in [3.63, 3.8) is 0 Å². The lowest BCUT2D eigenvalue weighted by molar-refractivity contribution is -0.116. The summed E-state index contributed by atoms with van der Waals surface area (Å²) in [5.74, 6) is 0.0120. The second kappa shape index (κ2) is 8.04. The van der Waals surface area contributed by atoms with Crippen molar-refractivity contribution in [1.29, 1.82) is 0 Å². The Hall–Kier alpha value is -2.82. The van der Waals surface area contributed by atoms with Crippen LogP contribution in [0.3, 0.4) is 0 Å². The molecule has 0 aromatic heterocycles. The number of carbonyl (C=O) groups is 2. The maximum absolute atomic E-state index is 12.5. The molecule has 0 saturated carbocycles. The number of hydrogen-bond acceptors (Lipinski definition) is 3. The van der Waals surface area contributed by atoms with Gasteiger partial charge in [-0.25, -0.2) is 0 Å². The fourth-order valence-electron chi connectivity index (χ4n) is 3.26. The molecule has 1 heterocycles. The maximum atomic E-state index is 12.5. The minimum Gasteiger partial charge on any atom is -0.399 e. The fraction of sp³-hybridized carbons (Fsp3) is 0.333. The van der Waals surface area contributed by atoms with Gasteiger partial charge in [0.25, 0.3) is 5.91 Å². The molecule has 0 bridgehead atoms. The normalized spacial score (nSPS) is 13.7. The summed E-state index contributed by atoms with van der Waals surface area (Å²) in [5.41, 5.74) is 9.92. The summed E-state index contributed by atoms with van der Waals surface area (Å²) in [5, 5.41) is 2.93. The summed E-state index contributed by atoms with van der Waals surface area (Å²) in [6.07, 6.45) is 3.11. The molecule has 0 unspecified atom stereocenters. The standard InChI is InChI=1S/C21H25N3O2/c1-15-14-17(21(26)24-12-4-5-13-24)8-10-19(15)23-20(25)11-9-16-6-2-3-7-18(16)22/h2-3,6-8,10,14H,4-5,9,11-13,22H2,1H3,(H,23,25). The quantitative estimate of drug-likeness (QED) is 0.811. The Kier molecular flexibility index (Phi) is 5.56. The third-order valence-electron chi connectivity index (χ3n) is 4.82. The molecule has 0 radical (unpaired) electrons. The SMILES string of the molecule is Cc1cc(C(=O)N2CCCC2)ccc1NC(=O)CCc1ccccc1N. The Morgan fingerprint density at radius 1 is 1.12 bits per heavy atom. The topological polar surface area (TPSA) is 75.4 Å². The van der Waals surface area contributed by atoms with Gasteiger partial charge in [-0.05, 0) is 61.6 Å². The van der Waals surface area contributed by atoms with Crippen LogP contribution in [0.15, 0.2) is 42.5 Å². The molecule has 26 heavy (non-hydrogen) atoms. The molecule has 0 spiro atoms. The van der Waals surface area contributed by atoms with E-state index in [-0.39, 0.29) is 11.8 Å². The van der Waals surface area contributed by atoms with Crippen LogP contribution < -0.4 is 11.1 Å². The molecule has 5 nitrogen and oxygen atoms in total. The van der Waals surface area contributed by atoms with E-state index in [9.17, 15) is 9.59 Å². The van der Waals surface area contributed by atoms with Gasteiger partial charge < -0.3 is 16.0 Å². The van der Waals surface area contributed by atoms with Crippen LogP contribution in [0, 0.1) is 6.92 Å². The van der Waals surface area contributed by atoms with Gasteiger partial charge in [-0.2, -0.15) is 0 Å². The lowest BCUT2D eigenvalue weighted by Gasteiger charge is -2.16. The van der Waals surface area contributed by atoms with Crippen molar-refractivity contribution in [1.82, 2.24) is 4.90 Å². The zero-order valence-electron chi connectivity index (χ0n) is 15.1. The van der Waals surface area contributed by atoms with E-state index in [2.05, 4.69) is 5.32 Å². The second-order valence-electron chi connectivity index (χ2n) is 6.78. The first-order valence-corrected chi connectivity index (χ1v) is 9.08. The van der Waals surface area contributed by atoms with Crippen molar-refractivity contribution in [2.75, 3.05) is 24.1 Å². The highest BCUT2D eigenvalue weighted by molar-refractivity contribution is 5.96. The molecule has 0 aliphatic carbocycles. The zero-order valence-corrected chi connectivity index (χ0v) is 15.1. The van der Waals surface area contributed by atoms with Gasteiger partial charge >= 0.3 is 0 Å². The Labute approximate surface area is 154 Å². The zero-order chi connectivity index (χ0) is 18.5. The summed E-state index contributed by atoms with van der Waals surface area (Å²) < 4.78 is 0. The molecular formula is C21H25N3O2. The smallest absolute Gasteiger partial charge is 0.253 e. The first-order valence-electron chi connectivity index (χ1n) is 9.08. The molecule has 2 amide bonds. The molecule has 2 aromatic carbocycles. The number of para-hydroxylation sites is 1. The molecule has 2 aromatic rings. The summed E-state index contributed by atoms with van der Waals surface area (Å²) in [7, 11) is 0. The van der Waals surface area contributed by atoms with E-state index < -0.39 is 0 Å². The summed E-state index contributed by atoms with van der Waals surface area (Å²) in [6, 6.07) is 13.0. The van der Waals surface area contributed by atoms with Gasteiger partial charge in [-0.3, -0.25) is 9.59 Å². The van der Waals surface area contributed by atoms with Crippen molar-refractivity contribution in [3.8, 4) is 0 Å². The van der Waals surface area contributed by atoms with E-state index in [0.717, 1.165) is 42.7 Å². The second-order valence-corrected chi connectivity index (χ2v) is 6.78. The third kappa shape index (κ3) is 4.23. The molecule has 3 N–H and O–H groups in total. The number of likely N-dealkylation sites (tertiary alicyclic amines) is 1. The van der Waals surface area contributed by atoms with Gasteiger partial charge in [0.2, 0.25) is 5.91 Å². The molecule has 1 saturated heterocycles. The maximum Gasteiger partial charge on any atom is 0.253 e. The van der Waals surface area contributed by atoms with E-state index >= 15 is 0 Å². The van der Waals surface area contributed by atoms with Crippen LogP contribution in [0.4, 0.5) is 11.4 Å². The number of amides is 2. The van der Waals surface area contributed by atoms with Crippen LogP contribution in [-0.4, -0.2) is 29.8 Å². The summed E-state index contributed by atoms with van der Waals surface area (Å²) in [4.78, 5) is 26.6. The number of nitrogens with one attached hydrogen (secondary N) is 1. The minimum atomic E-state index is -0.0602. The number of anilines is 2. The lowest BCUT2D eigenvalue weighted by Crippen LogP contribution is -2.27. The summed E-state index contributed by atoms with van der Waals surface area (Å²) in [6.45, 7) is 3.57. The minimum absolute atomic E-state index is 0.0602. The van der Waals surface area contributed by atoms with Gasteiger partial charge in [0.15, 0.2) is 0 Å². The van der Waals surface area contributed by atoms with Crippen LogP contribution in [0.1, 0.15) is 40.7 Å². The Balaban J connectivity index is 1.60. The van der Waals surface area contributed by atoms with Crippen molar-refractivity contribution >= 4 is 23.2 Å². The average molecular weight is 351 g/mol. The van der Waals surface area contributed by atoms with E-state index in [0.29, 0.717) is 24.1 Å². The number of carbonyl (C=O) groups excluding carboxylic acids is 2. The number of benzene rings is 2. The van der Waals surface area contributed by atoms with E-state index in [1.54, 1.807) is 6.07 Å². The first kappa shape index (κ1) is 18.0. The molecule has 1 aliphatic heterocycles. The first-order chi connectivity index (χ1) is 12.5. The van der Waals surface area contributed by atoms with Crippen molar-refractivity contribution in [2.45, 2.75) is 32.6 Å². The van der Waals surface area contributed by atoms with Crippen LogP contribution >= 0.6 is 0 Å². The number of hydrogen-bond donors (Lipinski definition) is 2. The Morgan fingerprint density at radius 3 is 2.54 bits per heavy atom. The molecule has 1 aliphatic rings. The van der Waals surface area contributed by atoms with E-state index in [1.165, 1.54) is 0 Å². The molecule has 1 fully saturated rings. The lowest BCUT2D eigenvalue weighted by atomic mass is 10.1. The molecule has 0 atom stereocenters. The summed E-state index contributed by atoms with van der Waals surface area (Å²) >= 11 is 0. The number of nitrogens with two attached hydrogens (primary N) is 1. The van der Waals surface area contributed by atoms with Gasteiger partial charge in [0.05, 0.1) is 0 Å². The van der Waals surface area contributed by atoms with Crippen molar-refractivity contribution in [2.24, 2.45) is 0 Å². The Morgan fingerprint density at radius 2 is 1.85 bits per heavy atom.